The van der Waals surface area contributed by atoms with E-state index in [0.717, 1.165) is 80.9 Å². The molecule has 2 amide bonds. The van der Waals surface area contributed by atoms with Crippen LogP contribution in [-0.4, -0.2) is 99.3 Å². The number of H-pyrrole nitrogens is 1. The summed E-state index contributed by atoms with van der Waals surface area (Å²) in [4.78, 5) is 24.4. The molecular formula is C27H39N9O2. The fourth-order valence-corrected chi connectivity index (χ4v) is 5.81. The predicted octanol–water partition coefficient (Wildman–Crippen LogP) is 3.46. The first kappa shape index (κ1) is 25.1. The van der Waals surface area contributed by atoms with Crippen LogP contribution in [-0.2, 0) is 11.8 Å². The van der Waals surface area contributed by atoms with Crippen LogP contribution < -0.4 is 10.2 Å². The van der Waals surface area contributed by atoms with E-state index in [-0.39, 0.29) is 11.6 Å². The summed E-state index contributed by atoms with van der Waals surface area (Å²) in [6.45, 7) is 4.76. The van der Waals surface area contributed by atoms with E-state index in [1.807, 2.05) is 28.9 Å². The molecule has 6 heterocycles. The number of pyridine rings is 1. The number of hydrogen-bond donors (Lipinski definition) is 2. The van der Waals surface area contributed by atoms with Gasteiger partial charge in [-0.15, -0.1) is 0 Å². The molecular weight excluding hydrogens is 482 g/mol. The molecule has 3 aliphatic heterocycles. The fraction of sp³-hybridized carbons (Fsp3) is 0.630. The number of anilines is 2. The van der Waals surface area contributed by atoms with Crippen LogP contribution in [0.2, 0.25) is 0 Å². The summed E-state index contributed by atoms with van der Waals surface area (Å²) in [6.07, 6.45) is 11.7. The van der Waals surface area contributed by atoms with Crippen LogP contribution in [0.15, 0.2) is 18.5 Å². The average molecular weight is 522 g/mol. The van der Waals surface area contributed by atoms with Crippen molar-refractivity contribution in [3.8, 4) is 11.4 Å². The zero-order valence-corrected chi connectivity index (χ0v) is 22.7. The number of nitrogens with one attached hydrogen (secondary N) is 2. The molecule has 0 radical (unpaired) electrons. The lowest BCUT2D eigenvalue weighted by molar-refractivity contribution is 0.151. The molecule has 4 fully saturated rings. The fourth-order valence-electron chi connectivity index (χ4n) is 5.81. The molecule has 11 heteroatoms. The second-order valence-electron chi connectivity index (χ2n) is 11.3. The number of piperidine rings is 1. The topological polar surface area (TPSA) is 107 Å². The van der Waals surface area contributed by atoms with Gasteiger partial charge in [-0.25, -0.2) is 4.79 Å². The molecule has 38 heavy (non-hydrogen) atoms. The molecule has 7 rings (SSSR count). The van der Waals surface area contributed by atoms with Crippen molar-refractivity contribution >= 4 is 28.4 Å². The Hall–Kier alpha value is -3.18. The number of hydrogen-bond acceptors (Lipinski definition) is 7. The summed E-state index contributed by atoms with van der Waals surface area (Å²) >= 11 is 0. The van der Waals surface area contributed by atoms with Gasteiger partial charge in [-0.1, -0.05) is 0 Å². The van der Waals surface area contributed by atoms with Crippen LogP contribution in [0.25, 0.3) is 22.3 Å². The molecule has 0 bridgehead atoms. The van der Waals surface area contributed by atoms with E-state index in [1.165, 1.54) is 19.3 Å². The molecule has 1 spiro atoms. The maximum atomic E-state index is 13.1. The Morgan fingerprint density at radius 1 is 1.13 bits per heavy atom. The van der Waals surface area contributed by atoms with E-state index in [2.05, 4.69) is 39.4 Å². The van der Waals surface area contributed by atoms with E-state index >= 15 is 0 Å². The van der Waals surface area contributed by atoms with Crippen molar-refractivity contribution < 1.29 is 9.53 Å². The van der Waals surface area contributed by atoms with Crippen molar-refractivity contribution in [1.82, 2.24) is 34.8 Å². The number of fused-ring (bicyclic) bond motifs is 1. The number of aryl methyl sites for hydroxylation is 1. The summed E-state index contributed by atoms with van der Waals surface area (Å²) in [5.74, 6) is 0.975. The molecule has 0 atom stereocenters. The third-order valence-electron chi connectivity index (χ3n) is 8.49. The Labute approximate surface area is 223 Å². The Kier molecular flexibility index (Phi) is 6.73. The molecule has 204 valence electrons. The van der Waals surface area contributed by atoms with Crippen LogP contribution in [0.3, 0.4) is 0 Å². The highest BCUT2D eigenvalue weighted by Gasteiger charge is 2.51. The van der Waals surface area contributed by atoms with Gasteiger partial charge in [0, 0.05) is 57.7 Å². The highest BCUT2D eigenvalue weighted by Crippen LogP contribution is 2.48. The zero-order valence-electron chi connectivity index (χ0n) is 22.7. The second-order valence-corrected chi connectivity index (χ2v) is 11.3. The number of carbonyl (C=O) groups excluding carboxylic acids is 1. The summed E-state index contributed by atoms with van der Waals surface area (Å²) < 4.78 is 6.85. The lowest BCUT2D eigenvalue weighted by Crippen LogP contribution is -2.57. The molecule has 1 saturated carbocycles. The molecule has 4 aliphatic rings. The van der Waals surface area contributed by atoms with Crippen molar-refractivity contribution in [3.05, 3.63) is 18.5 Å². The predicted molar refractivity (Wildman–Crippen MR) is 147 cm³/mol. The van der Waals surface area contributed by atoms with Gasteiger partial charge in [-0.2, -0.15) is 10.2 Å². The van der Waals surface area contributed by atoms with Crippen molar-refractivity contribution in [2.24, 2.45) is 7.05 Å². The molecule has 0 unspecified atom stereocenters. The van der Waals surface area contributed by atoms with Crippen molar-refractivity contribution in [2.75, 3.05) is 57.2 Å². The van der Waals surface area contributed by atoms with Crippen LogP contribution in [0.5, 0.6) is 0 Å². The van der Waals surface area contributed by atoms with Gasteiger partial charge in [-0.05, 0) is 65.1 Å². The number of amides is 2. The number of likely N-dealkylation sites (N-methyl/N-ethyl adjacent to an activating group) is 1. The van der Waals surface area contributed by atoms with Crippen LogP contribution >= 0.6 is 0 Å². The minimum Gasteiger partial charge on any atom is -0.381 e. The Morgan fingerprint density at radius 2 is 1.92 bits per heavy atom. The van der Waals surface area contributed by atoms with Gasteiger partial charge in [0.25, 0.3) is 0 Å². The van der Waals surface area contributed by atoms with Crippen LogP contribution in [0.4, 0.5) is 16.3 Å². The van der Waals surface area contributed by atoms with Gasteiger partial charge in [0.05, 0.1) is 28.5 Å². The van der Waals surface area contributed by atoms with Gasteiger partial charge in [0.1, 0.15) is 5.69 Å². The maximum Gasteiger partial charge on any atom is 0.322 e. The van der Waals surface area contributed by atoms with E-state index in [4.69, 9.17) is 14.8 Å². The quantitative estimate of drug-likeness (QED) is 0.541. The normalized spacial score (nSPS) is 20.5. The van der Waals surface area contributed by atoms with Gasteiger partial charge >= 0.3 is 6.03 Å². The van der Waals surface area contributed by atoms with E-state index in [9.17, 15) is 4.79 Å². The Balaban J connectivity index is 0.000000476. The van der Waals surface area contributed by atoms with Crippen molar-refractivity contribution in [1.29, 1.82) is 0 Å². The largest absolute Gasteiger partial charge is 0.381 e. The molecule has 3 aromatic heterocycles. The lowest BCUT2D eigenvalue weighted by Gasteiger charge is -2.43. The molecule has 11 nitrogen and oxygen atoms in total. The average Bonchev–Trinajstić information content (AvgIpc) is 3.31. The monoisotopic (exact) mass is 521 g/mol. The standard InChI is InChI=1S/C23H31N9O.C4H8O/c1-29(2)15-13-31(14-15)21-16-11-24-17(10-19(16)30(3)28-21)20-18(12-25-27-20)26-22(33)32-9-5-4-6-23(32)7-8-23;1-2-4-5-3-1/h10-12,15H,4-9,13-14H2,1-3H3,(H,25,27)(H,26,33);1-4H2. The Bertz CT molecular complexity index is 1280. The summed E-state index contributed by atoms with van der Waals surface area (Å²) in [7, 11) is 6.19. The summed E-state index contributed by atoms with van der Waals surface area (Å²) in [5.41, 5.74) is 3.21. The number of aromatic amines is 1. The van der Waals surface area contributed by atoms with Gasteiger partial charge in [0.15, 0.2) is 5.82 Å². The number of urea groups is 1. The minimum atomic E-state index is -0.0352. The molecule has 0 aromatic carbocycles. The lowest BCUT2D eigenvalue weighted by atomic mass is 10.0. The highest BCUT2D eigenvalue weighted by atomic mass is 16.5. The molecule has 2 N–H and O–H groups in total. The maximum absolute atomic E-state index is 13.1. The second kappa shape index (κ2) is 10.2. The van der Waals surface area contributed by atoms with Crippen LogP contribution in [0.1, 0.15) is 44.9 Å². The first-order chi connectivity index (χ1) is 18.4. The van der Waals surface area contributed by atoms with E-state index in [0.29, 0.717) is 17.4 Å². The third kappa shape index (κ3) is 4.73. The highest BCUT2D eigenvalue weighted by molar-refractivity contribution is 5.96. The van der Waals surface area contributed by atoms with Gasteiger partial charge in [-0.3, -0.25) is 14.8 Å². The van der Waals surface area contributed by atoms with Crippen molar-refractivity contribution in [2.45, 2.75) is 56.5 Å². The first-order valence-electron chi connectivity index (χ1n) is 13.9. The molecule has 3 aromatic rings. The SMILES string of the molecule is C1CCOC1.CN(C)C1CN(c2nn(C)c3cc(-c4[nH]ncc4NC(=O)N4CCCCC45CC5)ncc23)C1. The van der Waals surface area contributed by atoms with E-state index < -0.39 is 0 Å². The van der Waals surface area contributed by atoms with Gasteiger partial charge in [0.2, 0.25) is 0 Å². The summed E-state index contributed by atoms with van der Waals surface area (Å²) in [5, 5.41) is 16.1. The Morgan fingerprint density at radius 3 is 2.61 bits per heavy atom. The van der Waals surface area contributed by atoms with E-state index in [1.54, 1.807) is 6.20 Å². The first-order valence-corrected chi connectivity index (χ1v) is 13.9. The number of nitrogens with zero attached hydrogens (tertiary/aromatic N) is 7. The minimum absolute atomic E-state index is 0.0352. The van der Waals surface area contributed by atoms with Crippen LogP contribution in [0, 0.1) is 0 Å². The summed E-state index contributed by atoms with van der Waals surface area (Å²) in [6, 6.07) is 2.54. The zero-order chi connectivity index (χ0) is 26.3. The number of rotatable bonds is 4. The number of ether oxygens (including phenoxy) is 1. The van der Waals surface area contributed by atoms with Crippen molar-refractivity contribution in [3.63, 3.8) is 0 Å². The number of likely N-dealkylation sites (tertiary alicyclic amines) is 1. The number of carbonyl (C=O) groups is 1. The number of aromatic nitrogens is 5. The van der Waals surface area contributed by atoms with Gasteiger partial charge < -0.3 is 24.8 Å². The molecule has 1 aliphatic carbocycles. The third-order valence-corrected chi connectivity index (χ3v) is 8.49. The molecule has 3 saturated heterocycles. The smallest absolute Gasteiger partial charge is 0.322 e.